The molecule has 0 spiro atoms. The predicted molar refractivity (Wildman–Crippen MR) is 142 cm³/mol. The molecule has 2 fully saturated rings. The molecule has 1 aromatic heterocycles. The lowest BCUT2D eigenvalue weighted by molar-refractivity contribution is -0.131. The lowest BCUT2D eigenvalue weighted by Gasteiger charge is -2.40. The first-order valence-corrected chi connectivity index (χ1v) is 13.2. The number of carbonyl (C=O) groups is 4. The van der Waals surface area contributed by atoms with Crippen LogP contribution >= 0.6 is 0 Å². The molecule has 38 heavy (non-hydrogen) atoms. The van der Waals surface area contributed by atoms with Crippen LogP contribution in [0, 0.1) is 6.92 Å². The zero-order valence-corrected chi connectivity index (χ0v) is 22.4. The monoisotopic (exact) mass is 524 g/mol. The van der Waals surface area contributed by atoms with Gasteiger partial charge in [0.1, 0.15) is 17.3 Å². The number of rotatable bonds is 8. The Labute approximate surface area is 221 Å². The minimum atomic E-state index is -1.42. The van der Waals surface area contributed by atoms with Crippen LogP contribution in [0.1, 0.15) is 64.5 Å². The summed E-state index contributed by atoms with van der Waals surface area (Å²) in [5, 5.41) is 7.69. The third-order valence-electron chi connectivity index (χ3n) is 7.85. The average Bonchev–Trinajstić information content (AvgIpc) is 3.33. The van der Waals surface area contributed by atoms with E-state index in [-0.39, 0.29) is 24.1 Å². The normalized spacial score (nSPS) is 19.4. The van der Waals surface area contributed by atoms with Crippen molar-refractivity contribution in [2.75, 3.05) is 4.90 Å². The van der Waals surface area contributed by atoms with Gasteiger partial charge in [-0.1, -0.05) is 44.4 Å². The van der Waals surface area contributed by atoms with Crippen molar-refractivity contribution >= 4 is 29.4 Å². The van der Waals surface area contributed by atoms with Gasteiger partial charge in [-0.15, -0.1) is 0 Å². The van der Waals surface area contributed by atoms with E-state index in [2.05, 4.69) is 16.0 Å². The first-order valence-electron chi connectivity index (χ1n) is 13.2. The van der Waals surface area contributed by atoms with Gasteiger partial charge < -0.3 is 10.6 Å². The molecule has 3 N–H and O–H groups in total. The zero-order chi connectivity index (χ0) is 27.6. The number of hydrogen-bond donors (Lipinski definition) is 3. The molecule has 1 aromatic carbocycles. The quantitative estimate of drug-likeness (QED) is 0.454. The molecule has 1 saturated carbocycles. The van der Waals surface area contributed by atoms with Gasteiger partial charge in [0.15, 0.2) is 0 Å². The summed E-state index contributed by atoms with van der Waals surface area (Å²) in [5.41, 5.74) is -0.733. The van der Waals surface area contributed by atoms with E-state index >= 15 is 0 Å². The summed E-state index contributed by atoms with van der Waals surface area (Å²) in [5.74, 6) is -1.59. The molecule has 2 aliphatic rings. The molecule has 1 aliphatic carbocycles. The maximum absolute atomic E-state index is 14.0. The van der Waals surface area contributed by atoms with E-state index in [1.165, 1.54) is 9.58 Å². The first-order chi connectivity index (χ1) is 18.1. The number of carbonyl (C=O) groups excluding carboxylic acids is 4. The van der Waals surface area contributed by atoms with Crippen molar-refractivity contribution in [1.29, 1.82) is 0 Å². The number of para-hydroxylation sites is 1. The van der Waals surface area contributed by atoms with Crippen molar-refractivity contribution in [3.8, 4) is 5.69 Å². The highest BCUT2D eigenvalue weighted by Crippen LogP contribution is 2.31. The van der Waals surface area contributed by atoms with E-state index in [9.17, 15) is 24.0 Å². The Morgan fingerprint density at radius 3 is 2.34 bits per heavy atom. The fraction of sp³-hybridized carbons (Fsp3) is 0.519. The van der Waals surface area contributed by atoms with Gasteiger partial charge >= 0.3 is 6.03 Å². The average molecular weight is 525 g/mol. The van der Waals surface area contributed by atoms with Crippen molar-refractivity contribution in [2.45, 2.75) is 83.3 Å². The minimum Gasteiger partial charge on any atom is -0.351 e. The topological polar surface area (TPSA) is 135 Å². The second-order valence-corrected chi connectivity index (χ2v) is 10.3. The number of aromatic nitrogens is 2. The lowest BCUT2D eigenvalue weighted by Crippen LogP contribution is -2.62. The van der Waals surface area contributed by atoms with Crippen LogP contribution in [-0.2, 0) is 21.4 Å². The third-order valence-corrected chi connectivity index (χ3v) is 7.85. The molecule has 1 aliphatic heterocycles. The van der Waals surface area contributed by atoms with Crippen LogP contribution < -0.4 is 26.4 Å². The Bertz CT molecular complexity index is 1290. The van der Waals surface area contributed by atoms with Crippen LogP contribution in [0.4, 0.5) is 10.5 Å². The van der Waals surface area contributed by atoms with Gasteiger partial charge in [0.05, 0.1) is 17.8 Å². The Kier molecular flexibility index (Phi) is 7.75. The van der Waals surface area contributed by atoms with Crippen LogP contribution in [-0.4, -0.2) is 50.7 Å². The minimum absolute atomic E-state index is 0.00294. The van der Waals surface area contributed by atoms with E-state index in [1.54, 1.807) is 44.6 Å². The molecule has 2 heterocycles. The van der Waals surface area contributed by atoms with Gasteiger partial charge in [0, 0.05) is 13.1 Å². The summed E-state index contributed by atoms with van der Waals surface area (Å²) in [6.45, 7) is 5.16. The number of nitrogens with one attached hydrogen (secondary N) is 3. The number of benzene rings is 1. The van der Waals surface area contributed by atoms with Crippen molar-refractivity contribution in [3.63, 3.8) is 0 Å². The van der Waals surface area contributed by atoms with E-state index in [0.29, 0.717) is 11.4 Å². The predicted octanol–water partition coefficient (Wildman–Crippen LogP) is 2.03. The maximum atomic E-state index is 14.0. The molecule has 204 valence electrons. The van der Waals surface area contributed by atoms with Crippen molar-refractivity contribution in [2.24, 2.45) is 7.05 Å². The Hall–Kier alpha value is -3.89. The molecular weight excluding hydrogens is 488 g/mol. The Morgan fingerprint density at radius 1 is 1.11 bits per heavy atom. The molecule has 2 aromatic rings. The second-order valence-electron chi connectivity index (χ2n) is 10.3. The number of hydrogen-bond acceptors (Lipinski definition) is 5. The molecule has 2 atom stereocenters. The molecule has 0 bridgehead atoms. The summed E-state index contributed by atoms with van der Waals surface area (Å²) >= 11 is 0. The zero-order valence-electron chi connectivity index (χ0n) is 22.4. The van der Waals surface area contributed by atoms with Crippen molar-refractivity contribution in [1.82, 2.24) is 25.3 Å². The highest BCUT2D eigenvalue weighted by Gasteiger charge is 2.46. The Balaban J connectivity index is 1.81. The second kappa shape index (κ2) is 10.8. The number of imide groups is 1. The maximum Gasteiger partial charge on any atom is 0.322 e. The van der Waals surface area contributed by atoms with Gasteiger partial charge in [-0.3, -0.25) is 34.1 Å². The molecular formula is C27H36N6O5. The van der Waals surface area contributed by atoms with E-state index in [1.807, 2.05) is 18.2 Å². The van der Waals surface area contributed by atoms with Gasteiger partial charge in [0.2, 0.25) is 11.8 Å². The molecule has 5 amide bonds. The van der Waals surface area contributed by atoms with Gasteiger partial charge in [-0.2, -0.15) is 0 Å². The summed E-state index contributed by atoms with van der Waals surface area (Å²) in [4.78, 5) is 67.0. The third kappa shape index (κ3) is 4.97. The molecule has 11 heteroatoms. The highest BCUT2D eigenvalue weighted by atomic mass is 16.2. The molecule has 11 nitrogen and oxygen atoms in total. The Morgan fingerprint density at radius 2 is 1.76 bits per heavy atom. The summed E-state index contributed by atoms with van der Waals surface area (Å²) in [6, 6.07) is 7.23. The van der Waals surface area contributed by atoms with E-state index in [0.717, 1.165) is 32.1 Å². The standard InChI is InChI=1S/C27H36N6O5/c1-5-27(3,25(37)28-18-12-8-6-9-13-18)32(21(34)16-20-23(35)30-26(38)29-20)22-17(2)31(4)33(24(22)36)19-14-10-7-11-15-19/h7,10-11,14-15,18,20H,5-6,8-9,12-13,16H2,1-4H3,(H,28,37)(H2,29,30,35,38)/t20-,27+/m1/s1. The SMILES string of the molecule is CC[C@@](C)(C(=O)NC1CCCCC1)N(C(=O)C[C@H]1NC(=O)NC1=O)c1c(C)n(C)n(-c2ccccc2)c1=O. The largest absolute Gasteiger partial charge is 0.351 e. The summed E-state index contributed by atoms with van der Waals surface area (Å²) in [6.07, 6.45) is 4.71. The molecule has 0 radical (unpaired) electrons. The number of amides is 5. The molecule has 4 rings (SSSR count). The van der Waals surface area contributed by atoms with E-state index in [4.69, 9.17) is 0 Å². The fourth-order valence-corrected chi connectivity index (χ4v) is 5.33. The van der Waals surface area contributed by atoms with Crippen LogP contribution in [0.5, 0.6) is 0 Å². The smallest absolute Gasteiger partial charge is 0.322 e. The summed E-state index contributed by atoms with van der Waals surface area (Å²) < 4.78 is 3.09. The molecule has 0 unspecified atom stereocenters. The number of nitrogens with zero attached hydrogens (tertiary/aromatic N) is 3. The van der Waals surface area contributed by atoms with Gasteiger partial charge in [-0.25, -0.2) is 9.48 Å². The fourth-order valence-electron chi connectivity index (χ4n) is 5.33. The van der Waals surface area contributed by atoms with Gasteiger partial charge in [0.25, 0.3) is 11.5 Å². The summed E-state index contributed by atoms with van der Waals surface area (Å²) in [7, 11) is 1.71. The van der Waals surface area contributed by atoms with Crippen LogP contribution in [0.25, 0.3) is 5.69 Å². The van der Waals surface area contributed by atoms with Crippen molar-refractivity contribution < 1.29 is 19.2 Å². The first kappa shape index (κ1) is 27.2. The van der Waals surface area contributed by atoms with Gasteiger partial charge in [-0.05, 0) is 45.2 Å². The number of anilines is 1. The lowest BCUT2D eigenvalue weighted by atomic mass is 9.90. The molecule has 1 saturated heterocycles. The van der Waals surface area contributed by atoms with Crippen LogP contribution in [0.15, 0.2) is 35.1 Å². The highest BCUT2D eigenvalue weighted by molar-refractivity contribution is 6.09. The van der Waals surface area contributed by atoms with Crippen molar-refractivity contribution in [3.05, 3.63) is 46.4 Å². The van der Waals surface area contributed by atoms with Crippen LogP contribution in [0.3, 0.4) is 0 Å². The van der Waals surface area contributed by atoms with Crippen LogP contribution in [0.2, 0.25) is 0 Å². The van der Waals surface area contributed by atoms with E-state index < -0.39 is 41.4 Å². The number of urea groups is 1.